The van der Waals surface area contributed by atoms with E-state index < -0.39 is 0 Å². The van der Waals surface area contributed by atoms with Crippen molar-refractivity contribution in [3.8, 4) is 0 Å². The molecule has 0 N–H and O–H groups in total. The average Bonchev–Trinajstić information content (AvgIpc) is 2.50. The van der Waals surface area contributed by atoms with Gasteiger partial charge in [-0.2, -0.15) is 0 Å². The summed E-state index contributed by atoms with van der Waals surface area (Å²) in [7, 11) is 0. The number of rotatable bonds is 2. The number of benzene rings is 1. The number of hydrogen-bond donors (Lipinski definition) is 0. The molecule has 0 saturated carbocycles. The van der Waals surface area contributed by atoms with Crippen LogP contribution in [0.2, 0.25) is 0 Å². The van der Waals surface area contributed by atoms with Gasteiger partial charge in [-0.3, -0.25) is 14.5 Å². The van der Waals surface area contributed by atoms with Crippen molar-refractivity contribution in [3.63, 3.8) is 0 Å². The fraction of sp³-hybridized carbons (Fsp3) is 0.200. The first kappa shape index (κ1) is 10.2. The van der Waals surface area contributed by atoms with E-state index in [-0.39, 0.29) is 29.3 Å². The molecule has 1 heterocycles. The van der Waals surface area contributed by atoms with Crippen molar-refractivity contribution in [2.75, 3.05) is 5.75 Å². The molecule has 3 nitrogen and oxygen atoms in total. The largest absolute Gasteiger partial charge is 0.289 e. The molecule has 2 amide bonds. The van der Waals surface area contributed by atoms with Crippen LogP contribution in [0.1, 0.15) is 5.56 Å². The van der Waals surface area contributed by atoms with E-state index in [1.54, 1.807) is 12.1 Å². The monoisotopic (exact) mass is 225 g/mol. The Morgan fingerprint density at radius 3 is 2.80 bits per heavy atom. The van der Waals surface area contributed by atoms with E-state index in [1.807, 2.05) is 0 Å². The van der Waals surface area contributed by atoms with E-state index in [0.717, 1.165) is 16.7 Å². The van der Waals surface area contributed by atoms with Gasteiger partial charge in [-0.1, -0.05) is 23.9 Å². The Balaban J connectivity index is 2.15. The van der Waals surface area contributed by atoms with Gasteiger partial charge in [-0.05, 0) is 17.7 Å². The van der Waals surface area contributed by atoms with Crippen molar-refractivity contribution in [1.82, 2.24) is 4.90 Å². The van der Waals surface area contributed by atoms with Gasteiger partial charge in [0.15, 0.2) is 0 Å². The van der Waals surface area contributed by atoms with Crippen LogP contribution in [0.25, 0.3) is 0 Å². The summed E-state index contributed by atoms with van der Waals surface area (Å²) in [5.74, 6) is -0.387. The second-order valence-electron chi connectivity index (χ2n) is 3.16. The molecule has 1 aromatic carbocycles. The normalized spacial score (nSPS) is 16.2. The summed E-state index contributed by atoms with van der Waals surface area (Å²) in [6.07, 6.45) is 0. The van der Waals surface area contributed by atoms with Crippen molar-refractivity contribution in [3.05, 3.63) is 35.6 Å². The molecule has 5 heteroatoms. The first-order valence-corrected chi connectivity index (χ1v) is 5.37. The second-order valence-corrected chi connectivity index (χ2v) is 4.09. The molecule has 0 aromatic heterocycles. The Morgan fingerprint density at radius 1 is 1.40 bits per heavy atom. The maximum atomic E-state index is 12.8. The van der Waals surface area contributed by atoms with E-state index in [9.17, 15) is 14.0 Å². The molecule has 1 aliphatic heterocycles. The maximum Gasteiger partial charge on any atom is 0.289 e. The number of amides is 2. The molecule has 0 spiro atoms. The van der Waals surface area contributed by atoms with Crippen molar-refractivity contribution >= 4 is 22.9 Å². The molecule has 1 aliphatic rings. The van der Waals surface area contributed by atoms with Gasteiger partial charge in [0.25, 0.3) is 5.24 Å². The van der Waals surface area contributed by atoms with Crippen LogP contribution in [0.4, 0.5) is 9.18 Å². The Bertz CT molecular complexity index is 406. The van der Waals surface area contributed by atoms with Gasteiger partial charge in [-0.25, -0.2) is 4.39 Å². The zero-order valence-corrected chi connectivity index (χ0v) is 8.59. The molecule has 0 aliphatic carbocycles. The standard InChI is InChI=1S/C10H8FNO2S/c11-8-3-1-2-7(4-8)5-12-9(13)6-15-10(12)14/h1-4H,5-6H2. The highest BCUT2D eigenvalue weighted by atomic mass is 32.2. The molecule has 78 valence electrons. The summed E-state index contributed by atoms with van der Waals surface area (Å²) >= 11 is 0.981. The Kier molecular flexibility index (Phi) is 2.73. The lowest BCUT2D eigenvalue weighted by atomic mass is 10.2. The predicted molar refractivity (Wildman–Crippen MR) is 54.8 cm³/mol. The third kappa shape index (κ3) is 2.18. The molecule has 0 radical (unpaired) electrons. The minimum absolute atomic E-state index is 0.155. The number of carbonyl (C=O) groups is 2. The third-order valence-corrected chi connectivity index (χ3v) is 2.93. The molecule has 0 atom stereocenters. The van der Waals surface area contributed by atoms with Crippen LogP contribution in [0.5, 0.6) is 0 Å². The molecular weight excluding hydrogens is 217 g/mol. The summed E-state index contributed by atoms with van der Waals surface area (Å²) in [5, 5.41) is -0.260. The summed E-state index contributed by atoms with van der Waals surface area (Å²) in [5.41, 5.74) is 0.624. The van der Waals surface area contributed by atoms with Gasteiger partial charge in [0.05, 0.1) is 12.3 Å². The van der Waals surface area contributed by atoms with Crippen molar-refractivity contribution in [2.24, 2.45) is 0 Å². The fourth-order valence-corrected chi connectivity index (χ4v) is 2.08. The molecule has 0 bridgehead atoms. The maximum absolute atomic E-state index is 12.8. The summed E-state index contributed by atoms with van der Waals surface area (Å²) in [4.78, 5) is 23.7. The number of hydrogen-bond acceptors (Lipinski definition) is 3. The van der Waals surface area contributed by atoms with Crippen LogP contribution < -0.4 is 0 Å². The molecule has 0 unspecified atom stereocenters. The van der Waals surface area contributed by atoms with Crippen molar-refractivity contribution in [2.45, 2.75) is 6.54 Å². The Labute approximate surface area is 90.3 Å². The summed E-state index contributed by atoms with van der Waals surface area (Å²) in [6, 6.07) is 5.89. The molecule has 2 rings (SSSR count). The highest BCUT2D eigenvalue weighted by Crippen LogP contribution is 2.21. The van der Waals surface area contributed by atoms with Gasteiger partial charge >= 0.3 is 0 Å². The van der Waals surface area contributed by atoms with Gasteiger partial charge < -0.3 is 0 Å². The number of imide groups is 1. The van der Waals surface area contributed by atoms with Crippen LogP contribution in [-0.4, -0.2) is 21.8 Å². The molecule has 1 aromatic rings. The van der Waals surface area contributed by atoms with Gasteiger partial charge in [0, 0.05) is 0 Å². The second kappa shape index (κ2) is 4.02. The fourth-order valence-electron chi connectivity index (χ4n) is 1.35. The Hall–Kier alpha value is -1.36. The third-order valence-electron chi connectivity index (χ3n) is 2.07. The van der Waals surface area contributed by atoms with E-state index >= 15 is 0 Å². The smallest absolute Gasteiger partial charge is 0.273 e. The van der Waals surface area contributed by atoms with Gasteiger partial charge in [-0.15, -0.1) is 0 Å². The van der Waals surface area contributed by atoms with Crippen LogP contribution in [0.3, 0.4) is 0 Å². The van der Waals surface area contributed by atoms with Gasteiger partial charge in [0.2, 0.25) is 5.91 Å². The lowest BCUT2D eigenvalue weighted by Gasteiger charge is -2.12. The van der Waals surface area contributed by atoms with E-state index in [4.69, 9.17) is 0 Å². The number of nitrogens with zero attached hydrogens (tertiary/aromatic N) is 1. The molecule has 1 saturated heterocycles. The van der Waals surface area contributed by atoms with E-state index in [0.29, 0.717) is 5.56 Å². The first-order valence-electron chi connectivity index (χ1n) is 4.38. The highest BCUT2D eigenvalue weighted by molar-refractivity contribution is 8.14. The zero-order chi connectivity index (χ0) is 10.8. The van der Waals surface area contributed by atoms with Crippen LogP contribution in [0.15, 0.2) is 24.3 Å². The van der Waals surface area contributed by atoms with Crippen molar-refractivity contribution < 1.29 is 14.0 Å². The molecular formula is C10H8FNO2S. The van der Waals surface area contributed by atoms with Gasteiger partial charge in [0.1, 0.15) is 5.82 Å². The van der Waals surface area contributed by atoms with E-state index in [2.05, 4.69) is 0 Å². The predicted octanol–water partition coefficient (Wildman–Crippen LogP) is 2.02. The van der Waals surface area contributed by atoms with Crippen LogP contribution in [-0.2, 0) is 11.3 Å². The topological polar surface area (TPSA) is 37.4 Å². The first-order chi connectivity index (χ1) is 7.16. The summed E-state index contributed by atoms with van der Waals surface area (Å²) < 4.78 is 12.8. The number of thioether (sulfide) groups is 1. The summed E-state index contributed by atoms with van der Waals surface area (Å²) in [6.45, 7) is 0.155. The minimum Gasteiger partial charge on any atom is -0.273 e. The molecule has 1 fully saturated rings. The van der Waals surface area contributed by atoms with Crippen LogP contribution in [0, 0.1) is 5.82 Å². The lowest BCUT2D eigenvalue weighted by molar-refractivity contribution is -0.125. The lowest BCUT2D eigenvalue weighted by Crippen LogP contribution is -2.27. The molecule has 15 heavy (non-hydrogen) atoms. The quantitative estimate of drug-likeness (QED) is 0.772. The number of carbonyl (C=O) groups excluding carboxylic acids is 2. The number of halogens is 1. The minimum atomic E-state index is -0.362. The van der Waals surface area contributed by atoms with E-state index in [1.165, 1.54) is 12.1 Å². The SMILES string of the molecule is O=C1CSC(=O)N1Cc1cccc(F)c1. The average molecular weight is 225 g/mol. The van der Waals surface area contributed by atoms with Crippen molar-refractivity contribution in [1.29, 1.82) is 0 Å². The Morgan fingerprint density at radius 2 is 2.20 bits per heavy atom. The zero-order valence-electron chi connectivity index (χ0n) is 7.77. The highest BCUT2D eigenvalue weighted by Gasteiger charge is 2.29. The van der Waals surface area contributed by atoms with Crippen LogP contribution >= 0.6 is 11.8 Å².